The SMILES string of the molecule is Cc1cnccc1[C@@H](N)CO. The molecule has 0 fully saturated rings. The van der Waals surface area contributed by atoms with Crippen molar-refractivity contribution in [3.63, 3.8) is 0 Å². The maximum absolute atomic E-state index is 8.77. The van der Waals surface area contributed by atoms with Crippen LogP contribution in [0.4, 0.5) is 0 Å². The molecule has 0 aromatic carbocycles. The number of aromatic nitrogens is 1. The van der Waals surface area contributed by atoms with E-state index in [0.29, 0.717) is 0 Å². The van der Waals surface area contributed by atoms with Gasteiger partial charge in [0.2, 0.25) is 0 Å². The fraction of sp³-hybridized carbons (Fsp3) is 0.375. The molecule has 0 radical (unpaired) electrons. The van der Waals surface area contributed by atoms with Gasteiger partial charge >= 0.3 is 0 Å². The van der Waals surface area contributed by atoms with Crippen LogP contribution in [0.2, 0.25) is 0 Å². The molecule has 0 amide bonds. The molecule has 0 aliphatic rings. The second-order valence-electron chi connectivity index (χ2n) is 2.52. The van der Waals surface area contributed by atoms with Crippen LogP contribution in [0.1, 0.15) is 17.2 Å². The summed E-state index contributed by atoms with van der Waals surface area (Å²) in [5, 5.41) is 8.77. The highest BCUT2D eigenvalue weighted by Gasteiger charge is 2.05. The van der Waals surface area contributed by atoms with E-state index >= 15 is 0 Å². The zero-order chi connectivity index (χ0) is 8.27. The summed E-state index contributed by atoms with van der Waals surface area (Å²) in [4.78, 5) is 3.92. The molecule has 3 nitrogen and oxygen atoms in total. The van der Waals surface area contributed by atoms with Crippen LogP contribution in [0.25, 0.3) is 0 Å². The highest BCUT2D eigenvalue weighted by molar-refractivity contribution is 5.24. The van der Waals surface area contributed by atoms with Crippen LogP contribution in [0.5, 0.6) is 0 Å². The van der Waals surface area contributed by atoms with Crippen molar-refractivity contribution in [3.05, 3.63) is 29.6 Å². The first-order valence-electron chi connectivity index (χ1n) is 3.52. The van der Waals surface area contributed by atoms with Crippen molar-refractivity contribution in [2.75, 3.05) is 6.61 Å². The van der Waals surface area contributed by atoms with Crippen molar-refractivity contribution < 1.29 is 5.11 Å². The number of hydrogen-bond donors (Lipinski definition) is 2. The Labute approximate surface area is 65.9 Å². The molecule has 0 saturated heterocycles. The monoisotopic (exact) mass is 152 g/mol. The molecule has 3 N–H and O–H groups in total. The van der Waals surface area contributed by atoms with E-state index in [0.717, 1.165) is 11.1 Å². The van der Waals surface area contributed by atoms with Gasteiger partial charge in [0.15, 0.2) is 0 Å². The summed E-state index contributed by atoms with van der Waals surface area (Å²) in [5.74, 6) is 0. The third-order valence-electron chi connectivity index (χ3n) is 1.66. The van der Waals surface area contributed by atoms with Crippen molar-refractivity contribution in [3.8, 4) is 0 Å². The summed E-state index contributed by atoms with van der Waals surface area (Å²) in [7, 11) is 0. The Morgan fingerprint density at radius 3 is 3.00 bits per heavy atom. The van der Waals surface area contributed by atoms with Crippen LogP contribution in [-0.4, -0.2) is 16.7 Å². The number of aliphatic hydroxyl groups is 1. The Morgan fingerprint density at radius 1 is 1.73 bits per heavy atom. The molecular weight excluding hydrogens is 140 g/mol. The molecule has 0 aliphatic heterocycles. The summed E-state index contributed by atoms with van der Waals surface area (Å²) < 4.78 is 0. The first-order valence-corrected chi connectivity index (χ1v) is 3.52. The second kappa shape index (κ2) is 3.46. The average Bonchev–Trinajstić information content (AvgIpc) is 2.04. The molecule has 1 aromatic rings. The molecule has 0 unspecified atom stereocenters. The van der Waals surface area contributed by atoms with Crippen LogP contribution in [0.15, 0.2) is 18.5 Å². The maximum Gasteiger partial charge on any atom is 0.0624 e. The lowest BCUT2D eigenvalue weighted by Gasteiger charge is -2.10. The lowest BCUT2D eigenvalue weighted by molar-refractivity contribution is 0.267. The number of pyridine rings is 1. The number of nitrogens with zero attached hydrogens (tertiary/aromatic N) is 1. The van der Waals surface area contributed by atoms with Crippen LogP contribution < -0.4 is 5.73 Å². The standard InChI is InChI=1S/C8H12N2O/c1-6-4-10-3-2-7(6)8(9)5-11/h2-4,8,11H,5,9H2,1H3/t8-/m0/s1. The van der Waals surface area contributed by atoms with Gasteiger partial charge in [-0.15, -0.1) is 0 Å². The fourth-order valence-corrected chi connectivity index (χ4v) is 0.999. The highest BCUT2D eigenvalue weighted by Crippen LogP contribution is 2.12. The van der Waals surface area contributed by atoms with Crippen molar-refractivity contribution >= 4 is 0 Å². The van der Waals surface area contributed by atoms with E-state index in [4.69, 9.17) is 10.8 Å². The summed E-state index contributed by atoms with van der Waals surface area (Å²) in [6, 6.07) is 1.55. The molecule has 1 rings (SSSR count). The minimum Gasteiger partial charge on any atom is -0.394 e. The molecule has 0 bridgehead atoms. The Kier molecular flexibility index (Phi) is 2.57. The molecule has 11 heavy (non-hydrogen) atoms. The van der Waals surface area contributed by atoms with Gasteiger partial charge in [-0.2, -0.15) is 0 Å². The largest absolute Gasteiger partial charge is 0.394 e. The predicted molar refractivity (Wildman–Crippen MR) is 43.0 cm³/mol. The molecule has 0 aliphatic carbocycles. The van der Waals surface area contributed by atoms with Crippen LogP contribution in [0.3, 0.4) is 0 Å². The van der Waals surface area contributed by atoms with E-state index in [1.54, 1.807) is 12.4 Å². The number of hydrogen-bond acceptors (Lipinski definition) is 3. The fourth-order valence-electron chi connectivity index (χ4n) is 0.999. The zero-order valence-electron chi connectivity index (χ0n) is 6.49. The summed E-state index contributed by atoms with van der Waals surface area (Å²) in [6.07, 6.45) is 3.42. The van der Waals surface area contributed by atoms with E-state index in [9.17, 15) is 0 Å². The molecule has 1 aromatic heterocycles. The second-order valence-corrected chi connectivity index (χ2v) is 2.52. The van der Waals surface area contributed by atoms with Crippen molar-refractivity contribution in [2.45, 2.75) is 13.0 Å². The van der Waals surface area contributed by atoms with Gasteiger partial charge in [0.1, 0.15) is 0 Å². The van der Waals surface area contributed by atoms with Crippen LogP contribution >= 0.6 is 0 Å². The van der Waals surface area contributed by atoms with E-state index in [1.165, 1.54) is 0 Å². The maximum atomic E-state index is 8.77. The van der Waals surface area contributed by atoms with E-state index in [-0.39, 0.29) is 12.6 Å². The first kappa shape index (κ1) is 8.17. The first-order chi connectivity index (χ1) is 5.25. The van der Waals surface area contributed by atoms with Gasteiger partial charge in [-0.3, -0.25) is 4.98 Å². The average molecular weight is 152 g/mol. The number of aryl methyl sites for hydroxylation is 1. The smallest absolute Gasteiger partial charge is 0.0624 e. The molecule has 3 heteroatoms. The Bertz CT molecular complexity index is 237. The quantitative estimate of drug-likeness (QED) is 0.644. The molecular formula is C8H12N2O. The van der Waals surface area contributed by atoms with Gasteiger partial charge in [-0.05, 0) is 24.1 Å². The molecule has 60 valence electrons. The van der Waals surface area contributed by atoms with Crippen molar-refractivity contribution in [1.29, 1.82) is 0 Å². The van der Waals surface area contributed by atoms with E-state index in [1.807, 2.05) is 13.0 Å². The lowest BCUT2D eigenvalue weighted by atomic mass is 10.1. The van der Waals surface area contributed by atoms with Gasteiger partial charge < -0.3 is 10.8 Å². The van der Waals surface area contributed by atoms with Crippen LogP contribution in [0, 0.1) is 6.92 Å². The third kappa shape index (κ3) is 1.76. The Morgan fingerprint density at radius 2 is 2.45 bits per heavy atom. The summed E-state index contributed by atoms with van der Waals surface area (Å²) in [5.41, 5.74) is 7.60. The zero-order valence-corrected chi connectivity index (χ0v) is 6.49. The number of nitrogens with two attached hydrogens (primary N) is 1. The minimum absolute atomic E-state index is 0.0230. The molecule has 0 saturated carbocycles. The lowest BCUT2D eigenvalue weighted by Crippen LogP contribution is -2.15. The van der Waals surface area contributed by atoms with Crippen molar-refractivity contribution in [1.82, 2.24) is 4.98 Å². The normalized spacial score (nSPS) is 13.0. The Balaban J connectivity index is 2.93. The predicted octanol–water partition coefficient (Wildman–Crippen LogP) is 0.382. The summed E-state index contributed by atoms with van der Waals surface area (Å²) in [6.45, 7) is 1.91. The van der Waals surface area contributed by atoms with E-state index < -0.39 is 0 Å². The molecule has 0 spiro atoms. The van der Waals surface area contributed by atoms with Gasteiger partial charge in [-0.25, -0.2) is 0 Å². The Hall–Kier alpha value is -0.930. The topological polar surface area (TPSA) is 59.1 Å². The highest BCUT2D eigenvalue weighted by atomic mass is 16.3. The summed E-state index contributed by atoms with van der Waals surface area (Å²) >= 11 is 0. The number of rotatable bonds is 2. The van der Waals surface area contributed by atoms with Crippen molar-refractivity contribution in [2.24, 2.45) is 5.73 Å². The number of aliphatic hydroxyl groups excluding tert-OH is 1. The van der Waals surface area contributed by atoms with E-state index in [2.05, 4.69) is 4.98 Å². The van der Waals surface area contributed by atoms with Gasteiger partial charge in [-0.1, -0.05) is 0 Å². The van der Waals surface area contributed by atoms with Gasteiger partial charge in [0.05, 0.1) is 12.6 Å². The van der Waals surface area contributed by atoms with Gasteiger partial charge in [0, 0.05) is 12.4 Å². The van der Waals surface area contributed by atoms with Crippen LogP contribution in [-0.2, 0) is 0 Å². The third-order valence-corrected chi connectivity index (χ3v) is 1.66. The molecule has 1 heterocycles. The molecule has 1 atom stereocenters. The van der Waals surface area contributed by atoms with Gasteiger partial charge in [0.25, 0.3) is 0 Å². The minimum atomic E-state index is -0.280.